The Kier molecular flexibility index (Phi) is 4.46. The molecule has 1 aromatic rings. The molecule has 2 unspecified atom stereocenters. The van der Waals surface area contributed by atoms with E-state index in [1.165, 1.54) is 0 Å². The second-order valence-electron chi connectivity index (χ2n) is 4.04. The van der Waals surface area contributed by atoms with Crippen LogP contribution in [0.15, 0.2) is 30.3 Å². The monoisotopic (exact) mass is 222 g/mol. The van der Waals surface area contributed by atoms with E-state index in [0.717, 1.165) is 5.56 Å². The lowest BCUT2D eigenvalue weighted by molar-refractivity contribution is -0.125. The number of hydrogen-bond donors (Lipinski definition) is 3. The van der Waals surface area contributed by atoms with Gasteiger partial charge in [-0.05, 0) is 19.4 Å². The SMILES string of the molecule is CC(C)NC(=O)C(c1ccccc1)C(N)O. The highest BCUT2D eigenvalue weighted by molar-refractivity contribution is 5.84. The Morgan fingerprint density at radius 1 is 1.31 bits per heavy atom. The highest BCUT2D eigenvalue weighted by Gasteiger charge is 2.26. The van der Waals surface area contributed by atoms with Crippen molar-refractivity contribution in [3.05, 3.63) is 35.9 Å². The molecule has 2 atom stereocenters. The van der Waals surface area contributed by atoms with Crippen LogP contribution in [0.4, 0.5) is 0 Å². The third-order valence-corrected chi connectivity index (χ3v) is 2.21. The van der Waals surface area contributed by atoms with Crippen LogP contribution in [-0.2, 0) is 4.79 Å². The average molecular weight is 222 g/mol. The minimum atomic E-state index is -1.19. The maximum absolute atomic E-state index is 11.8. The molecule has 4 nitrogen and oxygen atoms in total. The van der Waals surface area contributed by atoms with Gasteiger partial charge in [-0.15, -0.1) is 0 Å². The van der Waals surface area contributed by atoms with Gasteiger partial charge in [0.25, 0.3) is 0 Å². The molecule has 0 aliphatic rings. The normalized spacial score (nSPS) is 14.6. The lowest BCUT2D eigenvalue weighted by atomic mass is 9.96. The number of rotatable bonds is 4. The quantitative estimate of drug-likeness (QED) is 0.652. The van der Waals surface area contributed by atoms with Gasteiger partial charge in [0, 0.05) is 6.04 Å². The molecular formula is C12H18N2O2. The third-order valence-electron chi connectivity index (χ3n) is 2.21. The van der Waals surface area contributed by atoms with Crippen molar-refractivity contribution in [2.75, 3.05) is 0 Å². The van der Waals surface area contributed by atoms with E-state index in [1.807, 2.05) is 32.0 Å². The number of nitrogens with one attached hydrogen (secondary N) is 1. The molecular weight excluding hydrogens is 204 g/mol. The van der Waals surface area contributed by atoms with Gasteiger partial charge in [0.05, 0.1) is 0 Å². The summed E-state index contributed by atoms with van der Waals surface area (Å²) in [5.41, 5.74) is 6.16. The van der Waals surface area contributed by atoms with Crippen molar-refractivity contribution in [3.8, 4) is 0 Å². The zero-order valence-electron chi connectivity index (χ0n) is 9.55. The van der Waals surface area contributed by atoms with E-state index < -0.39 is 12.1 Å². The maximum Gasteiger partial charge on any atom is 0.231 e. The Bertz CT molecular complexity index is 336. The van der Waals surface area contributed by atoms with Crippen LogP contribution in [0.2, 0.25) is 0 Å². The van der Waals surface area contributed by atoms with E-state index in [0.29, 0.717) is 0 Å². The predicted octanol–water partition coefficient (Wildman–Crippen LogP) is 0.572. The highest BCUT2D eigenvalue weighted by atomic mass is 16.3. The Hall–Kier alpha value is -1.39. The molecule has 0 fully saturated rings. The van der Waals surface area contributed by atoms with Crippen molar-refractivity contribution in [2.45, 2.75) is 32.0 Å². The molecule has 0 saturated carbocycles. The van der Waals surface area contributed by atoms with Gasteiger partial charge in [-0.2, -0.15) is 0 Å². The van der Waals surface area contributed by atoms with E-state index in [4.69, 9.17) is 5.73 Å². The summed E-state index contributed by atoms with van der Waals surface area (Å²) in [6.07, 6.45) is -1.19. The highest BCUT2D eigenvalue weighted by Crippen LogP contribution is 2.17. The van der Waals surface area contributed by atoms with Gasteiger partial charge >= 0.3 is 0 Å². The van der Waals surface area contributed by atoms with Crippen molar-refractivity contribution in [2.24, 2.45) is 5.73 Å². The summed E-state index contributed by atoms with van der Waals surface area (Å²) in [7, 11) is 0. The summed E-state index contributed by atoms with van der Waals surface area (Å²) < 4.78 is 0. The van der Waals surface area contributed by atoms with E-state index in [2.05, 4.69) is 5.32 Å². The second-order valence-corrected chi connectivity index (χ2v) is 4.04. The molecule has 1 aromatic carbocycles. The minimum absolute atomic E-state index is 0.0254. The summed E-state index contributed by atoms with van der Waals surface area (Å²) >= 11 is 0. The van der Waals surface area contributed by atoms with Crippen LogP contribution in [0.1, 0.15) is 25.3 Å². The van der Waals surface area contributed by atoms with Crippen LogP contribution in [0, 0.1) is 0 Å². The van der Waals surface area contributed by atoms with Crippen molar-refractivity contribution in [3.63, 3.8) is 0 Å². The number of nitrogens with two attached hydrogens (primary N) is 1. The van der Waals surface area contributed by atoms with Crippen molar-refractivity contribution in [1.82, 2.24) is 5.32 Å². The Morgan fingerprint density at radius 3 is 2.31 bits per heavy atom. The Balaban J connectivity index is 2.88. The predicted molar refractivity (Wildman–Crippen MR) is 62.7 cm³/mol. The van der Waals surface area contributed by atoms with Crippen LogP contribution < -0.4 is 11.1 Å². The molecule has 0 spiro atoms. The van der Waals surface area contributed by atoms with Crippen LogP contribution >= 0.6 is 0 Å². The largest absolute Gasteiger partial charge is 0.378 e. The third kappa shape index (κ3) is 3.32. The summed E-state index contributed by atoms with van der Waals surface area (Å²) in [6.45, 7) is 3.73. The summed E-state index contributed by atoms with van der Waals surface area (Å²) in [5.74, 6) is -0.972. The van der Waals surface area contributed by atoms with Crippen molar-refractivity contribution < 1.29 is 9.90 Å². The van der Waals surface area contributed by atoms with E-state index in [9.17, 15) is 9.90 Å². The first-order chi connectivity index (χ1) is 7.52. The zero-order valence-corrected chi connectivity index (χ0v) is 9.55. The lowest BCUT2D eigenvalue weighted by Gasteiger charge is -2.21. The molecule has 0 saturated heterocycles. The first kappa shape index (κ1) is 12.7. The topological polar surface area (TPSA) is 75.4 Å². The van der Waals surface area contributed by atoms with Gasteiger partial charge in [-0.1, -0.05) is 30.3 Å². The number of amides is 1. The van der Waals surface area contributed by atoms with Gasteiger partial charge in [0.1, 0.15) is 12.1 Å². The van der Waals surface area contributed by atoms with Gasteiger partial charge in [-0.25, -0.2) is 0 Å². The van der Waals surface area contributed by atoms with Gasteiger partial charge in [0.15, 0.2) is 0 Å². The Labute approximate surface area is 95.5 Å². The first-order valence-corrected chi connectivity index (χ1v) is 5.31. The molecule has 0 heterocycles. The number of carbonyl (C=O) groups excluding carboxylic acids is 1. The first-order valence-electron chi connectivity index (χ1n) is 5.31. The molecule has 0 aromatic heterocycles. The molecule has 0 aliphatic heterocycles. The van der Waals surface area contributed by atoms with Crippen molar-refractivity contribution >= 4 is 5.91 Å². The summed E-state index contributed by atoms with van der Waals surface area (Å²) in [6, 6.07) is 9.06. The minimum Gasteiger partial charge on any atom is -0.378 e. The fraction of sp³-hybridized carbons (Fsp3) is 0.417. The molecule has 4 N–H and O–H groups in total. The van der Waals surface area contributed by atoms with Crippen LogP contribution in [0.5, 0.6) is 0 Å². The number of aliphatic hydroxyl groups is 1. The standard InChI is InChI=1S/C12H18N2O2/c1-8(2)14-12(16)10(11(13)15)9-6-4-3-5-7-9/h3-8,10-11,15H,13H2,1-2H3,(H,14,16). The van der Waals surface area contributed by atoms with Crippen LogP contribution in [-0.4, -0.2) is 23.3 Å². The van der Waals surface area contributed by atoms with Crippen LogP contribution in [0.3, 0.4) is 0 Å². The number of aliphatic hydroxyl groups excluding tert-OH is 1. The van der Waals surface area contributed by atoms with E-state index in [1.54, 1.807) is 12.1 Å². The number of carbonyl (C=O) groups is 1. The fourth-order valence-corrected chi connectivity index (χ4v) is 1.54. The van der Waals surface area contributed by atoms with Gasteiger partial charge in [0.2, 0.25) is 5.91 Å². The molecule has 4 heteroatoms. The number of hydrogen-bond acceptors (Lipinski definition) is 3. The van der Waals surface area contributed by atoms with Crippen LogP contribution in [0.25, 0.3) is 0 Å². The van der Waals surface area contributed by atoms with E-state index in [-0.39, 0.29) is 11.9 Å². The van der Waals surface area contributed by atoms with E-state index >= 15 is 0 Å². The fourth-order valence-electron chi connectivity index (χ4n) is 1.54. The number of benzene rings is 1. The molecule has 0 radical (unpaired) electrons. The molecule has 0 bridgehead atoms. The van der Waals surface area contributed by atoms with Gasteiger partial charge in [-0.3, -0.25) is 4.79 Å². The van der Waals surface area contributed by atoms with Crippen molar-refractivity contribution in [1.29, 1.82) is 0 Å². The summed E-state index contributed by atoms with van der Waals surface area (Å²) in [5, 5.41) is 12.2. The Morgan fingerprint density at radius 2 is 1.88 bits per heavy atom. The zero-order chi connectivity index (χ0) is 12.1. The van der Waals surface area contributed by atoms with Gasteiger partial charge < -0.3 is 16.2 Å². The maximum atomic E-state index is 11.8. The molecule has 1 rings (SSSR count). The lowest BCUT2D eigenvalue weighted by Crippen LogP contribution is -2.42. The summed E-state index contributed by atoms with van der Waals surface area (Å²) in [4.78, 5) is 11.8. The smallest absolute Gasteiger partial charge is 0.231 e. The molecule has 1 amide bonds. The molecule has 88 valence electrons. The molecule has 16 heavy (non-hydrogen) atoms. The average Bonchev–Trinajstić information content (AvgIpc) is 2.17. The molecule has 0 aliphatic carbocycles. The second kappa shape index (κ2) is 5.63.